The van der Waals surface area contributed by atoms with Crippen molar-refractivity contribution in [2.24, 2.45) is 17.8 Å². The highest BCUT2D eigenvalue weighted by Gasteiger charge is 2.25. The third-order valence-corrected chi connectivity index (χ3v) is 4.38. The van der Waals surface area contributed by atoms with Crippen LogP contribution in [-0.2, 0) is 4.74 Å². The number of benzene rings is 1. The Kier molecular flexibility index (Phi) is 9.14. The molecule has 1 aromatic rings. The zero-order chi connectivity index (χ0) is 22.2. The molecule has 0 spiro atoms. The van der Waals surface area contributed by atoms with Crippen LogP contribution in [0, 0.1) is 27.9 Å². The Hall–Kier alpha value is -2.57. The summed E-state index contributed by atoms with van der Waals surface area (Å²) in [5.74, 6) is 0.834. The summed E-state index contributed by atoms with van der Waals surface area (Å²) in [6.45, 7) is 11.4. The molecule has 0 bridgehead atoms. The van der Waals surface area contributed by atoms with E-state index in [2.05, 4.69) is 0 Å². The van der Waals surface area contributed by atoms with Crippen LogP contribution in [0.25, 0.3) is 0 Å². The van der Waals surface area contributed by atoms with Crippen molar-refractivity contribution in [2.75, 3.05) is 18.6 Å². The van der Waals surface area contributed by atoms with Gasteiger partial charge in [0, 0.05) is 17.0 Å². The molecule has 0 saturated heterocycles. The Bertz CT molecular complexity index is 692. The van der Waals surface area contributed by atoms with Gasteiger partial charge in [0.2, 0.25) is 6.54 Å². The van der Waals surface area contributed by atoms with E-state index in [0.717, 1.165) is 6.42 Å². The van der Waals surface area contributed by atoms with Gasteiger partial charge < -0.3 is 9.47 Å². The smallest absolute Gasteiger partial charge is 0.418 e. The number of methoxy groups -OCH3 is 1. The number of hydrogen-bond acceptors (Lipinski definition) is 5. The van der Waals surface area contributed by atoms with Gasteiger partial charge >= 0.3 is 6.09 Å². The SMILES string of the molecule is COc1ccc(N(/C=C/[C@@H](C)[C@H](CC(C)C)C[N+](=O)[O-])C(=O)OC(C)(C)C)cc1. The molecule has 162 valence electrons. The van der Waals surface area contributed by atoms with Crippen LogP contribution >= 0.6 is 0 Å². The van der Waals surface area contributed by atoms with Crippen molar-refractivity contribution in [3.05, 3.63) is 46.7 Å². The maximum Gasteiger partial charge on any atom is 0.418 e. The summed E-state index contributed by atoms with van der Waals surface area (Å²) in [4.78, 5) is 25.0. The Balaban J connectivity index is 3.13. The van der Waals surface area contributed by atoms with Crippen LogP contribution in [0.2, 0.25) is 0 Å². The molecule has 0 aliphatic rings. The van der Waals surface area contributed by atoms with E-state index in [1.807, 2.05) is 26.8 Å². The van der Waals surface area contributed by atoms with Gasteiger partial charge in [-0.05, 0) is 63.3 Å². The van der Waals surface area contributed by atoms with Crippen molar-refractivity contribution < 1.29 is 19.2 Å². The van der Waals surface area contributed by atoms with Crippen LogP contribution in [0.1, 0.15) is 48.0 Å². The van der Waals surface area contributed by atoms with E-state index in [0.29, 0.717) is 17.4 Å². The molecule has 2 atom stereocenters. The Morgan fingerprint density at radius 1 is 1.21 bits per heavy atom. The molecule has 0 radical (unpaired) electrons. The lowest BCUT2D eigenvalue weighted by atomic mass is 9.86. The van der Waals surface area contributed by atoms with Gasteiger partial charge in [0.05, 0.1) is 12.8 Å². The highest BCUT2D eigenvalue weighted by Crippen LogP contribution is 2.25. The van der Waals surface area contributed by atoms with Crippen LogP contribution in [-0.4, -0.2) is 30.3 Å². The van der Waals surface area contributed by atoms with Gasteiger partial charge in [-0.15, -0.1) is 0 Å². The van der Waals surface area contributed by atoms with E-state index in [1.54, 1.807) is 58.3 Å². The molecule has 0 heterocycles. The molecule has 7 heteroatoms. The number of carbonyl (C=O) groups is 1. The van der Waals surface area contributed by atoms with Gasteiger partial charge in [-0.2, -0.15) is 0 Å². The fraction of sp³-hybridized carbons (Fsp3) is 0.591. The van der Waals surface area contributed by atoms with Gasteiger partial charge in [-0.25, -0.2) is 4.79 Å². The number of carbonyl (C=O) groups excluding carboxylic acids is 1. The summed E-state index contributed by atoms with van der Waals surface area (Å²) in [7, 11) is 1.58. The molecule has 0 aromatic heterocycles. The molecule has 0 aliphatic carbocycles. The van der Waals surface area contributed by atoms with Gasteiger partial charge in [-0.3, -0.25) is 15.0 Å². The summed E-state index contributed by atoms with van der Waals surface area (Å²) in [6, 6.07) is 7.05. The minimum absolute atomic E-state index is 0.0778. The van der Waals surface area contributed by atoms with Crippen molar-refractivity contribution >= 4 is 11.8 Å². The predicted molar refractivity (Wildman–Crippen MR) is 115 cm³/mol. The number of nitrogens with zero attached hydrogens (tertiary/aromatic N) is 2. The topological polar surface area (TPSA) is 81.9 Å². The summed E-state index contributed by atoms with van der Waals surface area (Å²) >= 11 is 0. The van der Waals surface area contributed by atoms with E-state index in [4.69, 9.17) is 9.47 Å². The Morgan fingerprint density at radius 2 is 1.79 bits per heavy atom. The first-order valence-corrected chi connectivity index (χ1v) is 9.89. The van der Waals surface area contributed by atoms with Gasteiger partial charge in [0.1, 0.15) is 11.4 Å². The summed E-state index contributed by atoms with van der Waals surface area (Å²) in [5, 5.41) is 11.1. The average Bonchev–Trinajstić information content (AvgIpc) is 2.59. The molecule has 0 saturated carbocycles. The zero-order valence-electron chi connectivity index (χ0n) is 18.5. The second-order valence-electron chi connectivity index (χ2n) is 8.65. The van der Waals surface area contributed by atoms with Crippen molar-refractivity contribution in [2.45, 2.75) is 53.6 Å². The lowest BCUT2D eigenvalue weighted by molar-refractivity contribution is -0.489. The van der Waals surface area contributed by atoms with Crippen molar-refractivity contribution in [3.8, 4) is 5.75 Å². The normalized spacial score (nSPS) is 13.9. The van der Waals surface area contributed by atoms with Crippen molar-refractivity contribution in [1.82, 2.24) is 0 Å². The van der Waals surface area contributed by atoms with Crippen molar-refractivity contribution in [3.63, 3.8) is 0 Å². The second-order valence-corrected chi connectivity index (χ2v) is 8.65. The maximum absolute atomic E-state index is 12.8. The highest BCUT2D eigenvalue weighted by molar-refractivity contribution is 5.90. The zero-order valence-corrected chi connectivity index (χ0v) is 18.5. The highest BCUT2D eigenvalue weighted by atomic mass is 16.6. The first kappa shape index (κ1) is 24.5. The van der Waals surface area contributed by atoms with Crippen molar-refractivity contribution in [1.29, 1.82) is 0 Å². The van der Waals surface area contributed by atoms with E-state index in [1.165, 1.54) is 4.90 Å². The molecule has 1 amide bonds. The Morgan fingerprint density at radius 3 is 2.24 bits per heavy atom. The summed E-state index contributed by atoms with van der Waals surface area (Å²) in [5.41, 5.74) is -0.0225. The first-order chi connectivity index (χ1) is 13.4. The lowest BCUT2D eigenvalue weighted by Crippen LogP contribution is -2.33. The van der Waals surface area contributed by atoms with E-state index < -0.39 is 11.7 Å². The minimum Gasteiger partial charge on any atom is -0.497 e. The van der Waals surface area contributed by atoms with E-state index >= 15 is 0 Å². The molecule has 1 rings (SSSR count). The number of rotatable bonds is 9. The largest absolute Gasteiger partial charge is 0.497 e. The molecule has 0 unspecified atom stereocenters. The quantitative estimate of drug-likeness (QED) is 0.398. The molecule has 29 heavy (non-hydrogen) atoms. The number of hydrogen-bond donors (Lipinski definition) is 0. The molecule has 0 fully saturated rings. The van der Waals surface area contributed by atoms with Crippen LogP contribution in [0.3, 0.4) is 0 Å². The van der Waals surface area contributed by atoms with E-state index in [-0.39, 0.29) is 23.3 Å². The molecular formula is C22H34N2O5. The summed E-state index contributed by atoms with van der Waals surface area (Å²) in [6.07, 6.45) is 3.71. The third-order valence-electron chi connectivity index (χ3n) is 4.38. The molecule has 0 aliphatic heterocycles. The van der Waals surface area contributed by atoms with Crippen LogP contribution < -0.4 is 9.64 Å². The maximum atomic E-state index is 12.8. The fourth-order valence-corrected chi connectivity index (χ4v) is 2.94. The molecular weight excluding hydrogens is 372 g/mol. The number of nitro groups is 1. The standard InChI is InChI=1S/C22H34N2O5/c1-16(2)14-18(15-24(26)27)17(3)12-13-23(21(25)29-22(4,5)6)19-8-10-20(28-7)11-9-19/h8-13,16-18H,14-15H2,1-7H3/b13-12+/t17-,18-/m1/s1. The number of anilines is 1. The van der Waals surface area contributed by atoms with E-state index in [9.17, 15) is 14.9 Å². The second kappa shape index (κ2) is 10.8. The minimum atomic E-state index is -0.646. The molecule has 0 N–H and O–H groups in total. The average molecular weight is 407 g/mol. The van der Waals surface area contributed by atoms with Crippen LogP contribution in [0.4, 0.5) is 10.5 Å². The Labute approximate surface area is 173 Å². The fourth-order valence-electron chi connectivity index (χ4n) is 2.94. The lowest BCUT2D eigenvalue weighted by Gasteiger charge is -2.26. The number of ether oxygens (including phenoxy) is 2. The van der Waals surface area contributed by atoms with Crippen LogP contribution in [0.15, 0.2) is 36.5 Å². The third kappa shape index (κ3) is 8.98. The first-order valence-electron chi connectivity index (χ1n) is 9.89. The number of allylic oxidation sites excluding steroid dienone is 1. The molecule has 1 aromatic carbocycles. The number of amides is 1. The van der Waals surface area contributed by atoms with Gasteiger partial charge in [0.25, 0.3) is 0 Å². The molecule has 7 nitrogen and oxygen atoms in total. The van der Waals surface area contributed by atoms with Gasteiger partial charge in [-0.1, -0.05) is 26.8 Å². The van der Waals surface area contributed by atoms with Crippen LogP contribution in [0.5, 0.6) is 5.75 Å². The summed E-state index contributed by atoms with van der Waals surface area (Å²) < 4.78 is 10.7. The monoisotopic (exact) mass is 406 g/mol. The van der Waals surface area contributed by atoms with Gasteiger partial charge in [0.15, 0.2) is 0 Å². The predicted octanol–water partition coefficient (Wildman–Crippen LogP) is 5.53.